The van der Waals surface area contributed by atoms with Crippen LogP contribution in [0.5, 0.6) is 0 Å². The van der Waals surface area contributed by atoms with Crippen LogP contribution in [0.1, 0.15) is 6.42 Å². The number of carboxylic acids is 2. The maximum absolute atomic E-state index is 10.4. The standard InChI is InChI=1S/C5H5NO2.C4H4O4/c7-5-1-3-6-8-4-2-5;5-3(6)1-2-4(7)8/h2-4H,1H2;1-2H,(H,5,6)(H,7,8)/b;2-1+. The van der Waals surface area contributed by atoms with Crippen LogP contribution in [0.2, 0.25) is 0 Å². The average Bonchev–Trinajstić information content (AvgIpc) is 2.44. The number of carbonyl (C=O) groups is 3. The zero-order valence-corrected chi connectivity index (χ0v) is 8.07. The first-order valence-electron chi connectivity index (χ1n) is 4.03. The third-order valence-electron chi connectivity index (χ3n) is 1.11. The fraction of sp³-hybridized carbons (Fsp3) is 0.111. The molecule has 0 aromatic rings. The molecule has 0 aliphatic carbocycles. The van der Waals surface area contributed by atoms with Crippen molar-refractivity contribution in [2.24, 2.45) is 5.16 Å². The lowest BCUT2D eigenvalue weighted by atomic mass is 10.3. The number of carbonyl (C=O) groups excluding carboxylic acids is 1. The molecule has 0 spiro atoms. The SMILES string of the molecule is O=C(O)/C=C/C(=O)O.O=C1C=CON=CC1. The topological polar surface area (TPSA) is 113 Å². The van der Waals surface area contributed by atoms with E-state index in [4.69, 9.17) is 10.2 Å². The van der Waals surface area contributed by atoms with Gasteiger partial charge in [-0.3, -0.25) is 4.79 Å². The van der Waals surface area contributed by atoms with Gasteiger partial charge in [0.25, 0.3) is 0 Å². The summed E-state index contributed by atoms with van der Waals surface area (Å²) in [5.41, 5.74) is 0. The maximum Gasteiger partial charge on any atom is 0.328 e. The van der Waals surface area contributed by atoms with Crippen molar-refractivity contribution in [3.05, 3.63) is 24.5 Å². The number of oxime groups is 1. The van der Waals surface area contributed by atoms with Crippen LogP contribution in [0.15, 0.2) is 29.6 Å². The van der Waals surface area contributed by atoms with Crippen LogP contribution in [0.25, 0.3) is 0 Å². The zero-order valence-electron chi connectivity index (χ0n) is 8.07. The fourth-order valence-electron chi connectivity index (χ4n) is 0.522. The van der Waals surface area contributed by atoms with E-state index in [1.807, 2.05) is 0 Å². The van der Waals surface area contributed by atoms with Crippen molar-refractivity contribution in [3.8, 4) is 0 Å². The van der Waals surface area contributed by atoms with E-state index >= 15 is 0 Å². The van der Waals surface area contributed by atoms with Crippen LogP contribution >= 0.6 is 0 Å². The Kier molecular flexibility index (Phi) is 6.71. The van der Waals surface area contributed by atoms with E-state index < -0.39 is 11.9 Å². The molecule has 0 aromatic carbocycles. The summed E-state index contributed by atoms with van der Waals surface area (Å²) in [5, 5.41) is 19.0. The van der Waals surface area contributed by atoms with Crippen LogP contribution in [0.3, 0.4) is 0 Å². The van der Waals surface area contributed by atoms with Crippen molar-refractivity contribution in [1.82, 2.24) is 0 Å². The molecular formula is C9H9NO6. The fourth-order valence-corrected chi connectivity index (χ4v) is 0.522. The molecule has 0 fully saturated rings. The van der Waals surface area contributed by atoms with Crippen LogP contribution in [0.4, 0.5) is 0 Å². The van der Waals surface area contributed by atoms with Gasteiger partial charge in [0.2, 0.25) is 0 Å². The lowest BCUT2D eigenvalue weighted by Crippen LogP contribution is -1.91. The van der Waals surface area contributed by atoms with Crippen molar-refractivity contribution in [3.63, 3.8) is 0 Å². The Labute approximate surface area is 90.3 Å². The highest BCUT2D eigenvalue weighted by Crippen LogP contribution is 1.89. The monoisotopic (exact) mass is 227 g/mol. The molecule has 0 unspecified atom stereocenters. The number of hydrogen-bond acceptors (Lipinski definition) is 5. The number of aliphatic carboxylic acids is 2. The highest BCUT2D eigenvalue weighted by Gasteiger charge is 1.94. The summed E-state index contributed by atoms with van der Waals surface area (Å²) < 4.78 is 0. The molecular weight excluding hydrogens is 218 g/mol. The van der Waals surface area contributed by atoms with E-state index in [1.165, 1.54) is 18.6 Å². The lowest BCUT2D eigenvalue weighted by molar-refractivity contribution is -0.134. The summed E-state index contributed by atoms with van der Waals surface area (Å²) in [6.45, 7) is 0. The Balaban J connectivity index is 0.000000281. The first-order valence-corrected chi connectivity index (χ1v) is 4.03. The van der Waals surface area contributed by atoms with Crippen LogP contribution in [-0.2, 0) is 19.2 Å². The molecule has 1 rings (SSSR count). The summed E-state index contributed by atoms with van der Waals surface area (Å²) in [6, 6.07) is 0. The van der Waals surface area contributed by atoms with Gasteiger partial charge in [-0.2, -0.15) is 0 Å². The number of rotatable bonds is 2. The third kappa shape index (κ3) is 9.65. The third-order valence-corrected chi connectivity index (χ3v) is 1.11. The molecule has 1 aliphatic heterocycles. The first-order chi connectivity index (χ1) is 7.52. The van der Waals surface area contributed by atoms with E-state index in [9.17, 15) is 14.4 Å². The Morgan fingerprint density at radius 1 is 1.31 bits per heavy atom. The van der Waals surface area contributed by atoms with Gasteiger partial charge in [-0.05, 0) is 0 Å². The Hall–Kier alpha value is -2.44. The zero-order chi connectivity index (χ0) is 12.4. The molecule has 0 amide bonds. The van der Waals surface area contributed by atoms with Gasteiger partial charge in [0.15, 0.2) is 5.78 Å². The number of allylic oxidation sites excluding steroid dienone is 1. The van der Waals surface area contributed by atoms with Gasteiger partial charge in [0, 0.05) is 24.6 Å². The molecule has 0 aromatic heterocycles. The van der Waals surface area contributed by atoms with Crippen molar-refractivity contribution in [2.45, 2.75) is 6.42 Å². The minimum absolute atomic E-state index is 0.0197. The second kappa shape index (κ2) is 7.92. The molecule has 1 aliphatic rings. The van der Waals surface area contributed by atoms with Gasteiger partial charge in [-0.25, -0.2) is 9.59 Å². The van der Waals surface area contributed by atoms with Gasteiger partial charge >= 0.3 is 11.9 Å². The second-order valence-corrected chi connectivity index (χ2v) is 2.38. The predicted molar refractivity (Wildman–Crippen MR) is 52.8 cm³/mol. The van der Waals surface area contributed by atoms with Crippen molar-refractivity contribution >= 4 is 23.9 Å². The van der Waals surface area contributed by atoms with Gasteiger partial charge in [-0.15, -0.1) is 0 Å². The van der Waals surface area contributed by atoms with Crippen LogP contribution in [0, 0.1) is 0 Å². The van der Waals surface area contributed by atoms with E-state index in [1.54, 1.807) is 0 Å². The minimum atomic E-state index is -1.26. The summed E-state index contributed by atoms with van der Waals surface area (Å²) in [6.07, 6.45) is 5.52. The van der Waals surface area contributed by atoms with Crippen molar-refractivity contribution in [1.29, 1.82) is 0 Å². The Morgan fingerprint density at radius 3 is 2.38 bits per heavy atom. The molecule has 86 valence electrons. The van der Waals surface area contributed by atoms with Crippen molar-refractivity contribution < 1.29 is 29.4 Å². The van der Waals surface area contributed by atoms with Crippen LogP contribution in [-0.4, -0.2) is 34.1 Å². The Morgan fingerprint density at radius 2 is 1.88 bits per heavy atom. The molecule has 2 N–H and O–H groups in total. The molecule has 0 bridgehead atoms. The largest absolute Gasteiger partial charge is 0.478 e. The van der Waals surface area contributed by atoms with Gasteiger partial charge < -0.3 is 15.1 Å². The lowest BCUT2D eigenvalue weighted by Gasteiger charge is -1.77. The van der Waals surface area contributed by atoms with E-state index in [0.29, 0.717) is 18.6 Å². The number of carboxylic acid groups (broad SMARTS) is 2. The highest BCUT2D eigenvalue weighted by atomic mass is 16.6. The van der Waals surface area contributed by atoms with E-state index in [0.717, 1.165) is 0 Å². The molecule has 0 atom stereocenters. The Bertz CT molecular complexity index is 339. The molecule has 1 heterocycles. The second-order valence-electron chi connectivity index (χ2n) is 2.38. The van der Waals surface area contributed by atoms with Crippen LogP contribution < -0.4 is 0 Å². The normalized spacial score (nSPS) is 13.6. The van der Waals surface area contributed by atoms with Crippen molar-refractivity contribution in [2.75, 3.05) is 0 Å². The van der Waals surface area contributed by atoms with Gasteiger partial charge in [0.1, 0.15) is 6.26 Å². The molecule has 0 saturated carbocycles. The molecule has 7 nitrogen and oxygen atoms in total. The van der Waals surface area contributed by atoms with Gasteiger partial charge in [0.05, 0.1) is 6.21 Å². The molecule has 0 radical (unpaired) electrons. The maximum atomic E-state index is 10.4. The van der Waals surface area contributed by atoms with E-state index in [-0.39, 0.29) is 5.78 Å². The number of nitrogens with zero attached hydrogens (tertiary/aromatic N) is 1. The minimum Gasteiger partial charge on any atom is -0.478 e. The predicted octanol–water partition coefficient (Wildman–Crippen LogP) is 0.187. The number of hydrogen-bond donors (Lipinski definition) is 2. The first kappa shape index (κ1) is 13.6. The summed E-state index contributed by atoms with van der Waals surface area (Å²) >= 11 is 0. The van der Waals surface area contributed by atoms with Gasteiger partial charge in [-0.1, -0.05) is 5.16 Å². The smallest absolute Gasteiger partial charge is 0.328 e. The average molecular weight is 227 g/mol. The summed E-state index contributed by atoms with van der Waals surface area (Å²) in [5.74, 6) is -2.49. The van der Waals surface area contributed by atoms with E-state index in [2.05, 4.69) is 9.99 Å². The molecule has 7 heteroatoms. The number of ketones is 1. The molecule has 0 saturated heterocycles. The summed E-state index contributed by atoms with van der Waals surface area (Å²) in [7, 11) is 0. The molecule has 16 heavy (non-hydrogen) atoms. The quantitative estimate of drug-likeness (QED) is 0.651. The summed E-state index contributed by atoms with van der Waals surface area (Å²) in [4.78, 5) is 34.0. The highest BCUT2D eigenvalue weighted by molar-refractivity contribution is 5.99.